The summed E-state index contributed by atoms with van der Waals surface area (Å²) in [5.74, 6) is 1.92. The van der Waals surface area contributed by atoms with E-state index in [4.69, 9.17) is 4.42 Å². The van der Waals surface area contributed by atoms with E-state index in [-0.39, 0.29) is 18.1 Å². The summed E-state index contributed by atoms with van der Waals surface area (Å²) in [5, 5.41) is 9.49. The third-order valence-corrected chi connectivity index (χ3v) is 3.99. The number of furan rings is 1. The van der Waals surface area contributed by atoms with Crippen molar-refractivity contribution in [3.8, 4) is 0 Å². The van der Waals surface area contributed by atoms with E-state index in [2.05, 4.69) is 0 Å². The summed E-state index contributed by atoms with van der Waals surface area (Å²) in [7, 11) is 1.87. The summed E-state index contributed by atoms with van der Waals surface area (Å²) in [6.07, 6.45) is 4.40. The number of rotatable bonds is 4. The van der Waals surface area contributed by atoms with Crippen molar-refractivity contribution < 1.29 is 14.3 Å². The molecule has 1 saturated carbocycles. The molecule has 4 nitrogen and oxygen atoms in total. The lowest BCUT2D eigenvalue weighted by Gasteiger charge is -2.33. The monoisotopic (exact) mass is 265 g/mol. The van der Waals surface area contributed by atoms with Gasteiger partial charge in [0.05, 0.1) is 6.10 Å². The van der Waals surface area contributed by atoms with Crippen LogP contribution < -0.4 is 0 Å². The summed E-state index contributed by atoms with van der Waals surface area (Å²) in [5.41, 5.74) is 0. The van der Waals surface area contributed by atoms with E-state index in [1.165, 1.54) is 0 Å². The maximum atomic E-state index is 12.1. The first-order chi connectivity index (χ1) is 9.06. The predicted octanol–water partition coefficient (Wildman–Crippen LogP) is 2.28. The average molecular weight is 265 g/mol. The summed E-state index contributed by atoms with van der Waals surface area (Å²) in [4.78, 5) is 14.0. The molecule has 1 aromatic rings. The SMILES string of the molecule is Cc1ccc(CCC(=O)N(C)C2CCC(O)CC2)o1. The second-order valence-electron chi connectivity index (χ2n) is 5.48. The molecule has 1 aliphatic carbocycles. The molecule has 0 aromatic carbocycles. The number of carbonyl (C=O) groups is 1. The van der Waals surface area contributed by atoms with Gasteiger partial charge in [0.15, 0.2) is 0 Å². The molecule has 2 rings (SSSR count). The zero-order valence-electron chi connectivity index (χ0n) is 11.8. The van der Waals surface area contributed by atoms with Crippen LogP contribution in [-0.4, -0.2) is 35.1 Å². The molecule has 1 N–H and O–H groups in total. The highest BCUT2D eigenvalue weighted by atomic mass is 16.3. The van der Waals surface area contributed by atoms with Crippen LogP contribution in [-0.2, 0) is 11.2 Å². The second kappa shape index (κ2) is 6.24. The van der Waals surface area contributed by atoms with Crippen molar-refractivity contribution in [1.82, 2.24) is 4.90 Å². The Hall–Kier alpha value is -1.29. The number of aryl methyl sites for hydroxylation is 2. The van der Waals surface area contributed by atoms with E-state index in [0.29, 0.717) is 12.8 Å². The molecular formula is C15H23NO3. The molecule has 1 amide bonds. The van der Waals surface area contributed by atoms with Crippen molar-refractivity contribution in [2.24, 2.45) is 0 Å². The number of nitrogens with zero attached hydrogens (tertiary/aromatic N) is 1. The van der Waals surface area contributed by atoms with Crippen molar-refractivity contribution in [3.63, 3.8) is 0 Å². The quantitative estimate of drug-likeness (QED) is 0.908. The Bertz CT molecular complexity index is 419. The smallest absolute Gasteiger partial charge is 0.223 e. The predicted molar refractivity (Wildman–Crippen MR) is 72.8 cm³/mol. The standard InChI is InChI=1S/C15H23NO3/c1-11-3-8-14(19-11)9-10-15(18)16(2)12-4-6-13(17)7-5-12/h3,8,12-13,17H,4-7,9-10H2,1-2H3. The second-order valence-corrected chi connectivity index (χ2v) is 5.48. The lowest BCUT2D eigenvalue weighted by molar-refractivity contribution is -0.133. The van der Waals surface area contributed by atoms with Crippen LogP contribution >= 0.6 is 0 Å². The van der Waals surface area contributed by atoms with E-state index in [1.54, 1.807) is 0 Å². The van der Waals surface area contributed by atoms with Crippen LogP contribution in [0, 0.1) is 6.92 Å². The first kappa shape index (κ1) is 14.1. The highest BCUT2D eigenvalue weighted by Crippen LogP contribution is 2.23. The molecule has 1 aliphatic rings. The van der Waals surface area contributed by atoms with Crippen molar-refractivity contribution >= 4 is 5.91 Å². The minimum atomic E-state index is -0.175. The van der Waals surface area contributed by atoms with Crippen LogP contribution in [0.2, 0.25) is 0 Å². The fourth-order valence-electron chi connectivity index (χ4n) is 2.68. The summed E-state index contributed by atoms with van der Waals surface area (Å²) >= 11 is 0. The molecule has 1 heterocycles. The number of aliphatic hydroxyl groups excluding tert-OH is 1. The molecule has 0 unspecified atom stereocenters. The Labute approximate surface area is 114 Å². The van der Waals surface area contributed by atoms with E-state index >= 15 is 0 Å². The van der Waals surface area contributed by atoms with Gasteiger partial charge in [0, 0.05) is 25.9 Å². The Morgan fingerprint density at radius 2 is 2.05 bits per heavy atom. The van der Waals surface area contributed by atoms with Gasteiger partial charge in [-0.25, -0.2) is 0 Å². The van der Waals surface area contributed by atoms with Gasteiger partial charge >= 0.3 is 0 Å². The lowest BCUT2D eigenvalue weighted by atomic mass is 9.92. The van der Waals surface area contributed by atoms with Gasteiger partial charge in [0.25, 0.3) is 0 Å². The highest BCUT2D eigenvalue weighted by molar-refractivity contribution is 5.76. The minimum absolute atomic E-state index is 0.162. The van der Waals surface area contributed by atoms with Crippen LogP contribution in [0.4, 0.5) is 0 Å². The summed E-state index contributed by atoms with van der Waals surface area (Å²) in [6, 6.07) is 4.14. The van der Waals surface area contributed by atoms with Gasteiger partial charge < -0.3 is 14.4 Å². The van der Waals surface area contributed by atoms with Crippen LogP contribution in [0.1, 0.15) is 43.6 Å². The third kappa shape index (κ3) is 3.83. The Morgan fingerprint density at radius 3 is 2.63 bits per heavy atom. The minimum Gasteiger partial charge on any atom is -0.466 e. The molecule has 4 heteroatoms. The molecule has 19 heavy (non-hydrogen) atoms. The van der Waals surface area contributed by atoms with E-state index < -0.39 is 0 Å². The third-order valence-electron chi connectivity index (χ3n) is 3.99. The average Bonchev–Trinajstić information content (AvgIpc) is 2.82. The molecule has 0 aliphatic heterocycles. The molecule has 0 radical (unpaired) electrons. The number of hydrogen-bond donors (Lipinski definition) is 1. The number of aliphatic hydroxyl groups is 1. The zero-order chi connectivity index (χ0) is 13.8. The molecule has 0 saturated heterocycles. The van der Waals surface area contributed by atoms with E-state index in [9.17, 15) is 9.90 Å². The largest absolute Gasteiger partial charge is 0.466 e. The topological polar surface area (TPSA) is 53.7 Å². The van der Waals surface area contributed by atoms with Crippen LogP contribution in [0.3, 0.4) is 0 Å². The molecule has 106 valence electrons. The molecule has 1 fully saturated rings. The van der Waals surface area contributed by atoms with Crippen LogP contribution in [0.25, 0.3) is 0 Å². The molecule has 0 spiro atoms. The molecule has 0 bridgehead atoms. The van der Waals surface area contributed by atoms with Crippen LogP contribution in [0.15, 0.2) is 16.5 Å². The van der Waals surface area contributed by atoms with Crippen molar-refractivity contribution in [2.45, 2.75) is 57.6 Å². The maximum absolute atomic E-state index is 12.1. The van der Waals surface area contributed by atoms with Crippen molar-refractivity contribution in [2.75, 3.05) is 7.05 Å². The van der Waals surface area contributed by atoms with Gasteiger partial charge in [-0.3, -0.25) is 4.79 Å². The number of amides is 1. The Kier molecular flexibility index (Phi) is 4.64. The first-order valence-corrected chi connectivity index (χ1v) is 7.05. The number of carbonyl (C=O) groups excluding carboxylic acids is 1. The van der Waals surface area contributed by atoms with Gasteiger partial charge in [-0.15, -0.1) is 0 Å². The van der Waals surface area contributed by atoms with Gasteiger partial charge in [-0.2, -0.15) is 0 Å². The molecule has 1 aromatic heterocycles. The fraction of sp³-hybridized carbons (Fsp3) is 0.667. The van der Waals surface area contributed by atoms with Gasteiger partial charge in [0.1, 0.15) is 11.5 Å². The fourth-order valence-corrected chi connectivity index (χ4v) is 2.68. The Balaban J connectivity index is 1.79. The lowest BCUT2D eigenvalue weighted by Crippen LogP contribution is -2.40. The van der Waals surface area contributed by atoms with Gasteiger partial charge in [-0.1, -0.05) is 0 Å². The molecular weight excluding hydrogens is 242 g/mol. The first-order valence-electron chi connectivity index (χ1n) is 7.05. The molecule has 0 atom stereocenters. The van der Waals surface area contributed by atoms with Crippen LogP contribution in [0.5, 0.6) is 0 Å². The normalized spacial score (nSPS) is 23.3. The van der Waals surface area contributed by atoms with Crippen molar-refractivity contribution in [3.05, 3.63) is 23.7 Å². The van der Waals surface area contributed by atoms with Gasteiger partial charge in [-0.05, 0) is 44.7 Å². The Morgan fingerprint density at radius 1 is 1.37 bits per heavy atom. The van der Waals surface area contributed by atoms with E-state index in [0.717, 1.165) is 37.2 Å². The zero-order valence-corrected chi connectivity index (χ0v) is 11.8. The highest BCUT2D eigenvalue weighted by Gasteiger charge is 2.25. The summed E-state index contributed by atoms with van der Waals surface area (Å²) in [6.45, 7) is 1.91. The van der Waals surface area contributed by atoms with Gasteiger partial charge in [0.2, 0.25) is 5.91 Å². The van der Waals surface area contributed by atoms with Crippen molar-refractivity contribution in [1.29, 1.82) is 0 Å². The number of hydrogen-bond acceptors (Lipinski definition) is 3. The summed E-state index contributed by atoms with van der Waals surface area (Å²) < 4.78 is 5.47. The maximum Gasteiger partial charge on any atom is 0.223 e. The van der Waals surface area contributed by atoms with E-state index in [1.807, 2.05) is 31.0 Å².